The van der Waals surface area contributed by atoms with E-state index in [-0.39, 0.29) is 11.6 Å². The number of hydrogen-bond donors (Lipinski definition) is 1. The molecule has 1 saturated carbocycles. The van der Waals surface area contributed by atoms with Crippen LogP contribution in [0.2, 0.25) is 0 Å². The molecule has 1 N–H and O–H groups in total. The summed E-state index contributed by atoms with van der Waals surface area (Å²) in [4.78, 5) is 2.49. The maximum Gasteiger partial charge on any atom is 0.0746 e. The van der Waals surface area contributed by atoms with Gasteiger partial charge in [-0.05, 0) is 58.5 Å². The quantitative estimate of drug-likeness (QED) is 0.798. The first-order valence-electron chi connectivity index (χ1n) is 7.05. The van der Waals surface area contributed by atoms with Crippen molar-refractivity contribution in [3.8, 4) is 0 Å². The van der Waals surface area contributed by atoms with Crippen molar-refractivity contribution in [2.75, 3.05) is 13.1 Å². The average Bonchev–Trinajstić information content (AvgIpc) is 2.83. The number of nitrogens with zero attached hydrogens (tertiary/aromatic N) is 1. The lowest BCUT2D eigenvalue weighted by Gasteiger charge is -2.43. The lowest BCUT2D eigenvalue weighted by molar-refractivity contribution is -0.0416. The van der Waals surface area contributed by atoms with Gasteiger partial charge in [0, 0.05) is 5.54 Å². The van der Waals surface area contributed by atoms with Gasteiger partial charge >= 0.3 is 0 Å². The third-order valence-electron chi connectivity index (χ3n) is 4.74. The Morgan fingerprint density at radius 1 is 1.00 bits per heavy atom. The van der Waals surface area contributed by atoms with E-state index in [0.29, 0.717) is 5.92 Å². The predicted octanol–water partition coefficient (Wildman–Crippen LogP) is 2.80. The van der Waals surface area contributed by atoms with E-state index in [9.17, 15) is 5.11 Å². The van der Waals surface area contributed by atoms with Crippen molar-refractivity contribution >= 4 is 0 Å². The molecule has 0 spiro atoms. The molecule has 1 atom stereocenters. The summed E-state index contributed by atoms with van der Waals surface area (Å²) in [5.41, 5.74) is -0.0154. The summed E-state index contributed by atoms with van der Waals surface area (Å²) in [7, 11) is 0. The van der Waals surface area contributed by atoms with Gasteiger partial charge in [-0.25, -0.2) is 0 Å². The molecule has 1 aliphatic carbocycles. The molecule has 0 bridgehead atoms. The van der Waals surface area contributed by atoms with Crippen LogP contribution in [0.15, 0.2) is 0 Å². The van der Waals surface area contributed by atoms with Gasteiger partial charge in [-0.3, -0.25) is 4.90 Å². The Morgan fingerprint density at radius 3 is 2.12 bits per heavy atom. The Kier molecular flexibility index (Phi) is 3.91. The molecule has 1 aliphatic heterocycles. The van der Waals surface area contributed by atoms with E-state index in [1.54, 1.807) is 0 Å². The lowest BCUT2D eigenvalue weighted by atomic mass is 9.77. The van der Waals surface area contributed by atoms with Crippen molar-refractivity contribution < 1.29 is 5.11 Å². The topological polar surface area (TPSA) is 23.5 Å². The van der Waals surface area contributed by atoms with Crippen LogP contribution >= 0.6 is 0 Å². The second-order valence-electron chi connectivity index (χ2n) is 6.19. The zero-order valence-electron chi connectivity index (χ0n) is 10.9. The molecule has 1 saturated heterocycles. The molecule has 0 aromatic rings. The lowest BCUT2D eigenvalue weighted by Crippen LogP contribution is -2.54. The third kappa shape index (κ3) is 2.43. The highest BCUT2D eigenvalue weighted by Crippen LogP contribution is 2.34. The summed E-state index contributed by atoms with van der Waals surface area (Å²) in [6, 6.07) is 0. The van der Waals surface area contributed by atoms with Crippen LogP contribution in [0.25, 0.3) is 0 Å². The highest BCUT2D eigenvalue weighted by Gasteiger charge is 2.39. The third-order valence-corrected chi connectivity index (χ3v) is 4.74. The normalized spacial score (nSPS) is 27.2. The monoisotopic (exact) mass is 225 g/mol. The van der Waals surface area contributed by atoms with Gasteiger partial charge in [0.1, 0.15) is 0 Å². The molecule has 0 aromatic carbocycles. The predicted molar refractivity (Wildman–Crippen MR) is 67.5 cm³/mol. The van der Waals surface area contributed by atoms with Crippen LogP contribution in [-0.2, 0) is 0 Å². The summed E-state index contributed by atoms with van der Waals surface area (Å²) >= 11 is 0. The van der Waals surface area contributed by atoms with E-state index >= 15 is 0 Å². The van der Waals surface area contributed by atoms with E-state index in [0.717, 1.165) is 0 Å². The molecule has 0 amide bonds. The van der Waals surface area contributed by atoms with E-state index in [1.807, 2.05) is 0 Å². The molecule has 0 radical (unpaired) electrons. The zero-order valence-corrected chi connectivity index (χ0v) is 10.9. The van der Waals surface area contributed by atoms with Gasteiger partial charge in [-0.2, -0.15) is 0 Å². The molecular formula is C14H27NO. The Bertz CT molecular complexity index is 215. The van der Waals surface area contributed by atoms with Crippen molar-refractivity contribution in [3.05, 3.63) is 0 Å². The molecule has 2 heteroatoms. The standard InChI is InChI=1S/C14H27NO/c1-14(2,15-10-6-7-11-15)13(16)12-8-4-3-5-9-12/h12-13,16H,3-11H2,1-2H3. The molecule has 16 heavy (non-hydrogen) atoms. The minimum Gasteiger partial charge on any atom is -0.391 e. The van der Waals surface area contributed by atoms with Crippen LogP contribution < -0.4 is 0 Å². The van der Waals surface area contributed by atoms with Crippen LogP contribution in [0, 0.1) is 5.92 Å². The van der Waals surface area contributed by atoms with Crippen molar-refractivity contribution in [1.82, 2.24) is 4.90 Å². The number of hydrogen-bond acceptors (Lipinski definition) is 2. The molecule has 94 valence electrons. The fourth-order valence-electron chi connectivity index (χ4n) is 3.51. The Labute approximate surface area is 100 Å². The average molecular weight is 225 g/mol. The van der Waals surface area contributed by atoms with E-state index in [4.69, 9.17) is 0 Å². The van der Waals surface area contributed by atoms with E-state index in [1.165, 1.54) is 58.0 Å². The highest BCUT2D eigenvalue weighted by atomic mass is 16.3. The summed E-state index contributed by atoms with van der Waals surface area (Å²) in [5.74, 6) is 0.546. The van der Waals surface area contributed by atoms with Gasteiger partial charge in [0.2, 0.25) is 0 Å². The maximum atomic E-state index is 10.6. The molecule has 2 rings (SSSR count). The number of aliphatic hydroxyl groups excluding tert-OH is 1. The fraction of sp³-hybridized carbons (Fsp3) is 1.00. The maximum absolute atomic E-state index is 10.6. The van der Waals surface area contributed by atoms with Crippen LogP contribution in [-0.4, -0.2) is 34.7 Å². The zero-order chi connectivity index (χ0) is 11.6. The van der Waals surface area contributed by atoms with Gasteiger partial charge in [0.05, 0.1) is 6.10 Å². The second-order valence-corrected chi connectivity index (χ2v) is 6.19. The summed E-state index contributed by atoms with van der Waals surface area (Å²) in [6.07, 6.45) is 8.95. The number of likely N-dealkylation sites (tertiary alicyclic amines) is 1. The first-order valence-corrected chi connectivity index (χ1v) is 7.05. The van der Waals surface area contributed by atoms with Crippen molar-refractivity contribution in [2.45, 2.75) is 70.4 Å². The van der Waals surface area contributed by atoms with Crippen molar-refractivity contribution in [3.63, 3.8) is 0 Å². The minimum absolute atomic E-state index is 0.0154. The van der Waals surface area contributed by atoms with Crippen LogP contribution in [0.3, 0.4) is 0 Å². The second kappa shape index (κ2) is 5.05. The molecule has 2 nitrogen and oxygen atoms in total. The number of aliphatic hydroxyl groups is 1. The van der Waals surface area contributed by atoms with Gasteiger partial charge in [-0.15, -0.1) is 0 Å². The molecule has 2 fully saturated rings. The molecule has 0 aromatic heterocycles. The SMILES string of the molecule is CC(C)(C(O)C1CCCCC1)N1CCCC1. The smallest absolute Gasteiger partial charge is 0.0746 e. The molecule has 2 aliphatic rings. The Balaban J connectivity index is 1.97. The van der Waals surface area contributed by atoms with Gasteiger partial charge in [-0.1, -0.05) is 19.3 Å². The highest BCUT2D eigenvalue weighted by molar-refractivity contribution is 4.94. The minimum atomic E-state index is -0.133. The van der Waals surface area contributed by atoms with E-state index in [2.05, 4.69) is 18.7 Å². The van der Waals surface area contributed by atoms with Gasteiger partial charge in [0.15, 0.2) is 0 Å². The Morgan fingerprint density at radius 2 is 1.56 bits per heavy atom. The van der Waals surface area contributed by atoms with Crippen molar-refractivity contribution in [2.24, 2.45) is 5.92 Å². The summed E-state index contributed by atoms with van der Waals surface area (Å²) in [5, 5.41) is 10.6. The molecular weight excluding hydrogens is 198 g/mol. The van der Waals surface area contributed by atoms with Gasteiger partial charge in [0.25, 0.3) is 0 Å². The van der Waals surface area contributed by atoms with Crippen LogP contribution in [0.1, 0.15) is 58.8 Å². The first-order chi connectivity index (χ1) is 7.62. The van der Waals surface area contributed by atoms with E-state index < -0.39 is 0 Å². The molecule has 1 heterocycles. The van der Waals surface area contributed by atoms with Crippen LogP contribution in [0.4, 0.5) is 0 Å². The summed E-state index contributed by atoms with van der Waals surface area (Å²) < 4.78 is 0. The summed E-state index contributed by atoms with van der Waals surface area (Å²) in [6.45, 7) is 6.82. The van der Waals surface area contributed by atoms with Crippen LogP contribution in [0.5, 0.6) is 0 Å². The Hall–Kier alpha value is -0.0800. The molecule has 1 unspecified atom stereocenters. The van der Waals surface area contributed by atoms with Gasteiger partial charge < -0.3 is 5.11 Å². The fourth-order valence-corrected chi connectivity index (χ4v) is 3.51. The first kappa shape index (κ1) is 12.4. The largest absolute Gasteiger partial charge is 0.391 e. The number of rotatable bonds is 3. The van der Waals surface area contributed by atoms with Crippen molar-refractivity contribution in [1.29, 1.82) is 0 Å².